The largest absolute Gasteiger partial charge is 0.356 e. The summed E-state index contributed by atoms with van der Waals surface area (Å²) in [5.74, 6) is 0.0264. The quantitative estimate of drug-likeness (QED) is 0.934. The van der Waals surface area contributed by atoms with Gasteiger partial charge in [-0.1, -0.05) is 17.3 Å². The number of nitrogens with zero attached hydrogens (tertiary/aromatic N) is 2. The maximum atomic E-state index is 12.2. The number of hydrogen-bond donors (Lipinski definition) is 1. The summed E-state index contributed by atoms with van der Waals surface area (Å²) in [5.41, 5.74) is 1.44. The minimum absolute atomic E-state index is 0.0264. The number of hydrogen-bond acceptors (Lipinski definition) is 4. The maximum absolute atomic E-state index is 12.2. The predicted octanol–water partition coefficient (Wildman–Crippen LogP) is 1.97. The van der Waals surface area contributed by atoms with E-state index in [2.05, 4.69) is 29.5 Å². The van der Waals surface area contributed by atoms with E-state index in [1.807, 2.05) is 24.3 Å². The molecule has 1 saturated carbocycles. The van der Waals surface area contributed by atoms with Gasteiger partial charge in [0.25, 0.3) is 0 Å². The lowest BCUT2D eigenvalue weighted by Crippen LogP contribution is -2.35. The lowest BCUT2D eigenvalue weighted by atomic mass is 10.1. The first kappa shape index (κ1) is 14.1. The summed E-state index contributed by atoms with van der Waals surface area (Å²) in [6, 6.07) is 8.48. The third-order valence-corrected chi connectivity index (χ3v) is 4.28. The Morgan fingerprint density at radius 1 is 1.38 bits per heavy atom. The van der Waals surface area contributed by atoms with E-state index in [0.29, 0.717) is 11.7 Å². The van der Waals surface area contributed by atoms with E-state index < -0.39 is 0 Å². The molecule has 3 rings (SSSR count). The van der Waals surface area contributed by atoms with Gasteiger partial charge in [0.05, 0.1) is 6.42 Å². The molecule has 5 heteroatoms. The van der Waals surface area contributed by atoms with Crippen molar-refractivity contribution in [1.82, 2.24) is 15.4 Å². The number of carbonyl (C=O) groups excluding carboxylic acids is 1. The summed E-state index contributed by atoms with van der Waals surface area (Å²) in [4.78, 5) is 14.4. The van der Waals surface area contributed by atoms with Crippen LogP contribution in [0.5, 0.6) is 0 Å². The second-order valence-corrected chi connectivity index (χ2v) is 6.00. The normalized spacial score (nSPS) is 22.0. The van der Waals surface area contributed by atoms with Crippen LogP contribution in [0.3, 0.4) is 0 Å². The van der Waals surface area contributed by atoms with Crippen LogP contribution in [0, 0.1) is 0 Å². The number of rotatable bonds is 4. The van der Waals surface area contributed by atoms with E-state index in [1.54, 1.807) is 0 Å². The molecule has 1 amide bonds. The molecule has 0 bridgehead atoms. The predicted molar refractivity (Wildman–Crippen MR) is 81.0 cm³/mol. The van der Waals surface area contributed by atoms with E-state index in [1.165, 1.54) is 0 Å². The Morgan fingerprint density at radius 3 is 2.95 bits per heavy atom. The van der Waals surface area contributed by atoms with Crippen molar-refractivity contribution in [3.8, 4) is 0 Å². The van der Waals surface area contributed by atoms with Gasteiger partial charge in [0.1, 0.15) is 5.69 Å². The maximum Gasteiger partial charge on any atom is 0.226 e. The van der Waals surface area contributed by atoms with Gasteiger partial charge in [-0.2, -0.15) is 0 Å². The van der Waals surface area contributed by atoms with Gasteiger partial charge in [0, 0.05) is 17.5 Å². The van der Waals surface area contributed by atoms with Gasteiger partial charge >= 0.3 is 0 Å². The molecule has 2 unspecified atom stereocenters. The number of benzene rings is 1. The van der Waals surface area contributed by atoms with Gasteiger partial charge in [0.2, 0.25) is 5.91 Å². The average Bonchev–Trinajstić information content (AvgIpc) is 3.07. The van der Waals surface area contributed by atoms with Gasteiger partial charge in [-0.3, -0.25) is 4.79 Å². The van der Waals surface area contributed by atoms with Crippen molar-refractivity contribution in [2.45, 2.75) is 37.8 Å². The van der Waals surface area contributed by atoms with E-state index in [-0.39, 0.29) is 18.4 Å². The van der Waals surface area contributed by atoms with Crippen LogP contribution in [0.4, 0.5) is 0 Å². The van der Waals surface area contributed by atoms with E-state index in [9.17, 15) is 4.79 Å². The Balaban J connectivity index is 1.60. The second kappa shape index (κ2) is 5.85. The molecule has 1 fully saturated rings. The standard InChI is InChI=1S/C16H21N3O2/c1-19(2)12-8-7-11(9-12)17-16(20)10-14-13-5-3-4-6-15(13)21-18-14/h3-6,11-12H,7-10H2,1-2H3,(H,17,20). The van der Waals surface area contributed by atoms with Crippen LogP contribution in [0.15, 0.2) is 28.8 Å². The molecule has 1 aliphatic rings. The molecular weight excluding hydrogens is 266 g/mol. The third kappa shape index (κ3) is 3.08. The van der Waals surface area contributed by atoms with Crippen LogP contribution < -0.4 is 5.32 Å². The SMILES string of the molecule is CN(C)C1CCC(NC(=O)Cc2noc3ccccc23)C1. The first-order valence-corrected chi connectivity index (χ1v) is 7.42. The molecule has 1 aromatic heterocycles. The van der Waals surface area contributed by atoms with Gasteiger partial charge in [-0.05, 0) is 45.5 Å². The molecule has 0 aliphatic heterocycles. The highest BCUT2D eigenvalue weighted by Crippen LogP contribution is 2.23. The van der Waals surface area contributed by atoms with Crippen molar-refractivity contribution >= 4 is 16.9 Å². The van der Waals surface area contributed by atoms with E-state index >= 15 is 0 Å². The summed E-state index contributed by atoms with van der Waals surface area (Å²) in [6.45, 7) is 0. The molecule has 2 atom stereocenters. The summed E-state index contributed by atoms with van der Waals surface area (Å²) < 4.78 is 5.23. The fraction of sp³-hybridized carbons (Fsp3) is 0.500. The highest BCUT2D eigenvalue weighted by molar-refractivity contribution is 5.86. The molecule has 1 aliphatic carbocycles. The van der Waals surface area contributed by atoms with Crippen molar-refractivity contribution in [2.24, 2.45) is 0 Å². The average molecular weight is 287 g/mol. The number of amides is 1. The van der Waals surface area contributed by atoms with Crippen LogP contribution >= 0.6 is 0 Å². The van der Waals surface area contributed by atoms with Gasteiger partial charge in [0.15, 0.2) is 5.58 Å². The third-order valence-electron chi connectivity index (χ3n) is 4.28. The van der Waals surface area contributed by atoms with E-state index in [4.69, 9.17) is 4.52 Å². The lowest BCUT2D eigenvalue weighted by Gasteiger charge is -2.19. The van der Waals surface area contributed by atoms with Crippen LogP contribution in [-0.4, -0.2) is 42.1 Å². The second-order valence-electron chi connectivity index (χ2n) is 6.00. The zero-order valence-corrected chi connectivity index (χ0v) is 12.5. The Kier molecular flexibility index (Phi) is 3.92. The van der Waals surface area contributed by atoms with Crippen molar-refractivity contribution in [1.29, 1.82) is 0 Å². The molecule has 2 aromatic rings. The van der Waals surface area contributed by atoms with Crippen LogP contribution in [-0.2, 0) is 11.2 Å². The molecule has 21 heavy (non-hydrogen) atoms. The molecule has 0 saturated heterocycles. The summed E-state index contributed by atoms with van der Waals surface area (Å²) in [7, 11) is 4.19. The molecule has 0 radical (unpaired) electrons. The zero-order chi connectivity index (χ0) is 14.8. The minimum Gasteiger partial charge on any atom is -0.356 e. The smallest absolute Gasteiger partial charge is 0.226 e. The zero-order valence-electron chi connectivity index (χ0n) is 12.5. The summed E-state index contributed by atoms with van der Waals surface area (Å²) in [5, 5.41) is 8.05. The monoisotopic (exact) mass is 287 g/mol. The fourth-order valence-corrected chi connectivity index (χ4v) is 3.05. The number of para-hydroxylation sites is 1. The Labute approximate surface area is 124 Å². The summed E-state index contributed by atoms with van der Waals surface area (Å²) in [6.07, 6.45) is 3.50. The molecule has 1 aromatic carbocycles. The Morgan fingerprint density at radius 2 is 2.19 bits per heavy atom. The molecule has 112 valence electrons. The van der Waals surface area contributed by atoms with Gasteiger partial charge < -0.3 is 14.7 Å². The molecule has 0 spiro atoms. The Bertz CT molecular complexity index is 635. The van der Waals surface area contributed by atoms with Crippen LogP contribution in [0.2, 0.25) is 0 Å². The van der Waals surface area contributed by atoms with Gasteiger partial charge in [-0.15, -0.1) is 0 Å². The van der Waals surface area contributed by atoms with Crippen molar-refractivity contribution < 1.29 is 9.32 Å². The highest BCUT2D eigenvalue weighted by atomic mass is 16.5. The first-order valence-electron chi connectivity index (χ1n) is 7.42. The van der Waals surface area contributed by atoms with Crippen molar-refractivity contribution in [3.05, 3.63) is 30.0 Å². The van der Waals surface area contributed by atoms with Crippen molar-refractivity contribution in [3.63, 3.8) is 0 Å². The molecular formula is C16H21N3O2. The van der Waals surface area contributed by atoms with E-state index in [0.717, 1.165) is 30.2 Å². The van der Waals surface area contributed by atoms with Crippen molar-refractivity contribution in [2.75, 3.05) is 14.1 Å². The first-order chi connectivity index (χ1) is 10.1. The summed E-state index contributed by atoms with van der Waals surface area (Å²) >= 11 is 0. The minimum atomic E-state index is 0.0264. The lowest BCUT2D eigenvalue weighted by molar-refractivity contribution is -0.121. The van der Waals surface area contributed by atoms with Crippen LogP contribution in [0.1, 0.15) is 25.0 Å². The number of nitrogens with one attached hydrogen (secondary N) is 1. The number of carbonyl (C=O) groups is 1. The number of aromatic nitrogens is 1. The highest BCUT2D eigenvalue weighted by Gasteiger charge is 2.27. The van der Waals surface area contributed by atoms with Gasteiger partial charge in [-0.25, -0.2) is 0 Å². The fourth-order valence-electron chi connectivity index (χ4n) is 3.05. The molecule has 5 nitrogen and oxygen atoms in total. The topological polar surface area (TPSA) is 58.4 Å². The Hall–Kier alpha value is -1.88. The van der Waals surface area contributed by atoms with Crippen LogP contribution in [0.25, 0.3) is 11.0 Å². The molecule has 1 N–H and O–H groups in total. The molecule has 1 heterocycles. The number of fused-ring (bicyclic) bond motifs is 1.